The van der Waals surface area contributed by atoms with E-state index >= 15 is 0 Å². The first-order valence-electron chi connectivity index (χ1n) is 13.4. The van der Waals surface area contributed by atoms with Gasteiger partial charge in [-0.25, -0.2) is 4.72 Å². The average molecular weight is 722 g/mol. The number of carbonyl (C=O) groups excluding carboxylic acids is 1. The summed E-state index contributed by atoms with van der Waals surface area (Å²) in [5.74, 6) is -1.80. The third-order valence-corrected chi connectivity index (χ3v) is 8.44. The van der Waals surface area contributed by atoms with Gasteiger partial charge in [0.1, 0.15) is 0 Å². The first kappa shape index (κ1) is 42.0. The molecule has 0 heterocycles. The number of rotatable bonds is 8. The summed E-state index contributed by atoms with van der Waals surface area (Å²) < 4.78 is 177. The molecule has 3 unspecified atom stereocenters. The maximum atomic E-state index is 13.1. The molecule has 2 aromatic carbocycles. The molecule has 0 aliphatic carbocycles. The molecule has 19 heteroatoms. The summed E-state index contributed by atoms with van der Waals surface area (Å²) in [4.78, 5) is 11.5. The number of aliphatic hydroxyl groups is 2. The second-order valence-corrected chi connectivity index (χ2v) is 12.4. The van der Waals surface area contributed by atoms with Crippen molar-refractivity contribution in [3.8, 4) is 0 Å². The fourth-order valence-electron chi connectivity index (χ4n) is 3.75. The Morgan fingerprint density at radius 2 is 1.11 bits per heavy atom. The number of carbonyl (C=O) groups is 1. The smallest absolute Gasteiger partial charge is 0.376 e. The zero-order valence-electron chi connectivity index (χ0n) is 25.2. The number of alkyl halides is 12. The van der Waals surface area contributed by atoms with Crippen molar-refractivity contribution < 1.29 is 76.1 Å². The molecule has 0 aliphatic heterocycles. The molecule has 0 fully saturated rings. The van der Waals surface area contributed by atoms with E-state index in [9.17, 15) is 76.1 Å². The zero-order chi connectivity index (χ0) is 37.2. The van der Waals surface area contributed by atoms with Gasteiger partial charge in [-0.3, -0.25) is 4.79 Å². The lowest BCUT2D eigenvalue weighted by atomic mass is 9.82. The molecule has 2 aromatic rings. The molecule has 0 spiro atoms. The molecular weight excluding hydrogens is 690 g/mol. The summed E-state index contributed by atoms with van der Waals surface area (Å²) in [7, 11) is -5.68. The van der Waals surface area contributed by atoms with Crippen LogP contribution >= 0.6 is 0 Å². The molecule has 3 N–H and O–H groups in total. The van der Waals surface area contributed by atoms with Gasteiger partial charge in [-0.2, -0.15) is 61.1 Å². The Morgan fingerprint density at radius 1 is 0.702 bits per heavy atom. The maximum Gasteiger partial charge on any atom is 0.516 e. The predicted octanol–water partition coefficient (Wildman–Crippen LogP) is 8.06. The topological polar surface area (TPSA) is 104 Å². The lowest BCUT2D eigenvalue weighted by Gasteiger charge is -2.35. The molecule has 0 bridgehead atoms. The van der Waals surface area contributed by atoms with E-state index in [1.54, 1.807) is 12.1 Å². The number of hydrogen-bond acceptors (Lipinski definition) is 5. The lowest BCUT2D eigenvalue weighted by Crippen LogP contribution is -2.54. The van der Waals surface area contributed by atoms with Crippen LogP contribution in [0.2, 0.25) is 0 Å². The van der Waals surface area contributed by atoms with Crippen LogP contribution in [0.5, 0.6) is 0 Å². The number of benzene rings is 2. The molecule has 1 amide bonds. The van der Waals surface area contributed by atoms with Gasteiger partial charge in [0, 0.05) is 11.1 Å². The van der Waals surface area contributed by atoms with Crippen LogP contribution in [0.3, 0.4) is 0 Å². The molecule has 0 saturated carbocycles. The van der Waals surface area contributed by atoms with Crippen LogP contribution in [0.1, 0.15) is 91.9 Å². The van der Waals surface area contributed by atoms with E-state index in [0.717, 1.165) is 16.7 Å². The van der Waals surface area contributed by atoms with Gasteiger partial charge >= 0.3 is 34.1 Å². The van der Waals surface area contributed by atoms with Gasteiger partial charge in [0.25, 0.3) is 11.5 Å². The van der Waals surface area contributed by atoms with E-state index in [-0.39, 0.29) is 36.5 Å². The van der Waals surface area contributed by atoms with E-state index in [2.05, 4.69) is 0 Å². The summed E-state index contributed by atoms with van der Waals surface area (Å²) in [5, 5.41) is 19.2. The summed E-state index contributed by atoms with van der Waals surface area (Å²) in [6.45, 7) is 7.02. The first-order chi connectivity index (χ1) is 20.9. The van der Waals surface area contributed by atoms with Crippen LogP contribution in [0.4, 0.5) is 52.7 Å². The summed E-state index contributed by atoms with van der Waals surface area (Å²) >= 11 is 0. The van der Waals surface area contributed by atoms with Crippen molar-refractivity contribution in [1.82, 2.24) is 4.72 Å². The summed E-state index contributed by atoms with van der Waals surface area (Å²) in [6, 6.07) is 6.67. The van der Waals surface area contributed by atoms with E-state index in [1.165, 1.54) is 26.0 Å². The zero-order valence-corrected chi connectivity index (χ0v) is 26.0. The van der Waals surface area contributed by atoms with Crippen molar-refractivity contribution in [2.45, 2.75) is 94.5 Å². The van der Waals surface area contributed by atoms with Crippen LogP contribution < -0.4 is 4.72 Å². The summed E-state index contributed by atoms with van der Waals surface area (Å²) in [6.07, 6.45) is -16.9. The van der Waals surface area contributed by atoms with Gasteiger partial charge in [0.2, 0.25) is 0 Å². The predicted molar refractivity (Wildman–Crippen MR) is 144 cm³/mol. The maximum absolute atomic E-state index is 13.1. The molecule has 0 aromatic heterocycles. The molecule has 2 rings (SSSR count). The van der Waals surface area contributed by atoms with Crippen LogP contribution in [-0.2, 0) is 21.2 Å². The average Bonchev–Trinajstić information content (AvgIpc) is 2.93. The minimum absolute atomic E-state index is 0.125. The SMILES string of the molecule is CCC(C)c1cc(C(C)(O)C(F)(F)F)cc(C(O)(C(F)(F)F)C(F)(F)F)c1.CCC(C)c1ccc(C(=O)NS(=O)(=O)C(F)(F)F)cc1. The fraction of sp³-hybridized carbons (Fsp3) is 0.536. The van der Waals surface area contributed by atoms with Gasteiger partial charge in [-0.05, 0) is 66.5 Å². The molecular formula is C28H31F12NO5S. The monoisotopic (exact) mass is 721 g/mol. The van der Waals surface area contributed by atoms with Gasteiger partial charge < -0.3 is 10.2 Å². The van der Waals surface area contributed by atoms with Gasteiger partial charge in [0.05, 0.1) is 0 Å². The highest BCUT2D eigenvalue weighted by molar-refractivity contribution is 7.90. The number of amides is 1. The van der Waals surface area contributed by atoms with Crippen LogP contribution in [0.15, 0.2) is 42.5 Å². The molecule has 0 radical (unpaired) electrons. The Bertz CT molecular complexity index is 1470. The molecule has 0 aliphatic rings. The molecule has 47 heavy (non-hydrogen) atoms. The Balaban J connectivity index is 0.000000491. The van der Waals surface area contributed by atoms with Crippen LogP contribution in [0, 0.1) is 0 Å². The van der Waals surface area contributed by atoms with Gasteiger partial charge in [0.15, 0.2) is 5.60 Å². The number of nitrogens with one attached hydrogen (secondary N) is 1. The minimum Gasteiger partial charge on any atom is -0.376 e. The van der Waals surface area contributed by atoms with Crippen molar-refractivity contribution in [2.24, 2.45) is 0 Å². The van der Waals surface area contributed by atoms with Gasteiger partial charge in [-0.1, -0.05) is 52.0 Å². The third kappa shape index (κ3) is 9.31. The van der Waals surface area contributed by atoms with E-state index < -0.39 is 68.2 Å². The Labute approximate surface area is 261 Å². The summed E-state index contributed by atoms with van der Waals surface area (Å²) in [5.41, 5.74) is -17.3. The Hall–Kier alpha value is -3.06. The Morgan fingerprint density at radius 3 is 1.47 bits per heavy atom. The Kier molecular flexibility index (Phi) is 12.7. The van der Waals surface area contributed by atoms with Crippen molar-refractivity contribution >= 4 is 15.9 Å². The fourth-order valence-corrected chi connectivity index (χ4v) is 4.23. The minimum atomic E-state index is -6.26. The number of sulfonamides is 1. The highest BCUT2D eigenvalue weighted by Gasteiger charge is 2.71. The highest BCUT2D eigenvalue weighted by Crippen LogP contribution is 2.51. The molecule has 6 nitrogen and oxygen atoms in total. The highest BCUT2D eigenvalue weighted by atomic mass is 32.2. The third-order valence-electron chi connectivity index (χ3n) is 7.38. The molecule has 268 valence electrons. The standard InChI is InChI=1S/C16H17F9O2.C12H14F3NO3S/c1-4-8(2)9-5-10(12(3,26)14(17,18)19)7-11(6-9)13(27,15(20,21)22)16(23,24)25;1-3-8(2)9-4-6-10(7-5-9)11(17)16-20(18,19)12(13,14)15/h5-8,26-27H,4H2,1-3H3;4-8H,3H2,1-2H3,(H,16,17). The van der Waals surface area contributed by atoms with Crippen LogP contribution in [0.25, 0.3) is 0 Å². The van der Waals surface area contributed by atoms with Crippen molar-refractivity contribution in [3.05, 3.63) is 70.3 Å². The van der Waals surface area contributed by atoms with E-state index in [4.69, 9.17) is 0 Å². The molecule has 0 saturated heterocycles. The molecule has 3 atom stereocenters. The van der Waals surface area contributed by atoms with E-state index in [0.29, 0.717) is 12.1 Å². The quantitative estimate of drug-likeness (QED) is 0.240. The van der Waals surface area contributed by atoms with Crippen LogP contribution in [-0.4, -0.2) is 48.6 Å². The van der Waals surface area contributed by atoms with Crippen molar-refractivity contribution in [2.75, 3.05) is 0 Å². The normalized spacial score (nSPS) is 16.0. The van der Waals surface area contributed by atoms with Gasteiger partial charge in [-0.15, -0.1) is 0 Å². The number of halogens is 12. The van der Waals surface area contributed by atoms with Crippen molar-refractivity contribution in [1.29, 1.82) is 0 Å². The largest absolute Gasteiger partial charge is 0.516 e. The number of hydrogen-bond donors (Lipinski definition) is 3. The first-order valence-corrected chi connectivity index (χ1v) is 14.9. The second-order valence-electron chi connectivity index (χ2n) is 10.7. The van der Waals surface area contributed by atoms with Crippen molar-refractivity contribution in [3.63, 3.8) is 0 Å². The second kappa shape index (κ2) is 14.2. The lowest BCUT2D eigenvalue weighted by molar-refractivity contribution is -0.376. The van der Waals surface area contributed by atoms with E-state index in [1.807, 2.05) is 13.8 Å².